The average Bonchev–Trinajstić information content (AvgIpc) is 2.47. The van der Waals surface area contributed by atoms with E-state index in [0.717, 1.165) is 32.7 Å². The van der Waals surface area contributed by atoms with Gasteiger partial charge in [0.2, 0.25) is 11.8 Å². The van der Waals surface area contributed by atoms with Gasteiger partial charge in [-0.1, -0.05) is 0 Å². The van der Waals surface area contributed by atoms with Crippen LogP contribution in [0.5, 0.6) is 0 Å². The molecule has 2 amide bonds. The standard InChI is InChI=1S/C16H22N4O2/c1-13(21)20-11-15(12-20)16(22)19-8-6-18(7-9-19)10-14-2-4-17-5-3-14/h2-5,15H,6-12H2,1H3. The van der Waals surface area contributed by atoms with Crippen LogP contribution in [0.15, 0.2) is 24.5 Å². The van der Waals surface area contributed by atoms with E-state index in [1.54, 1.807) is 11.8 Å². The summed E-state index contributed by atoms with van der Waals surface area (Å²) in [6.45, 7) is 7.00. The number of rotatable bonds is 3. The third kappa shape index (κ3) is 3.27. The predicted molar refractivity (Wildman–Crippen MR) is 81.8 cm³/mol. The van der Waals surface area contributed by atoms with Crippen LogP contribution in [-0.2, 0) is 16.1 Å². The topological polar surface area (TPSA) is 56.8 Å². The average molecular weight is 302 g/mol. The lowest BCUT2D eigenvalue weighted by Crippen LogP contribution is -2.58. The van der Waals surface area contributed by atoms with E-state index >= 15 is 0 Å². The normalized spacial score (nSPS) is 19.9. The molecule has 0 bridgehead atoms. The molecule has 0 spiro atoms. The molecule has 0 N–H and O–H groups in total. The highest BCUT2D eigenvalue weighted by molar-refractivity contribution is 5.83. The van der Waals surface area contributed by atoms with Gasteiger partial charge in [-0.2, -0.15) is 0 Å². The van der Waals surface area contributed by atoms with Crippen LogP contribution >= 0.6 is 0 Å². The van der Waals surface area contributed by atoms with Crippen LogP contribution in [0.2, 0.25) is 0 Å². The summed E-state index contributed by atoms with van der Waals surface area (Å²) < 4.78 is 0. The lowest BCUT2D eigenvalue weighted by molar-refractivity contribution is -0.148. The summed E-state index contributed by atoms with van der Waals surface area (Å²) >= 11 is 0. The van der Waals surface area contributed by atoms with E-state index in [9.17, 15) is 9.59 Å². The van der Waals surface area contributed by atoms with Crippen molar-refractivity contribution in [2.45, 2.75) is 13.5 Å². The van der Waals surface area contributed by atoms with Crippen LogP contribution in [0.3, 0.4) is 0 Å². The SMILES string of the molecule is CC(=O)N1CC(C(=O)N2CCN(Cc3ccncc3)CC2)C1. The van der Waals surface area contributed by atoms with E-state index in [2.05, 4.69) is 9.88 Å². The molecule has 0 saturated carbocycles. The molecule has 2 saturated heterocycles. The number of likely N-dealkylation sites (tertiary alicyclic amines) is 1. The van der Waals surface area contributed by atoms with Gasteiger partial charge in [0, 0.05) is 65.1 Å². The van der Waals surface area contributed by atoms with Crippen LogP contribution < -0.4 is 0 Å². The molecule has 3 heterocycles. The number of amides is 2. The monoisotopic (exact) mass is 302 g/mol. The van der Waals surface area contributed by atoms with Crippen LogP contribution in [0, 0.1) is 5.92 Å². The molecule has 1 aromatic rings. The third-order valence-corrected chi connectivity index (χ3v) is 4.52. The third-order valence-electron chi connectivity index (χ3n) is 4.52. The Morgan fingerprint density at radius 2 is 1.73 bits per heavy atom. The van der Waals surface area contributed by atoms with Crippen molar-refractivity contribution in [3.8, 4) is 0 Å². The van der Waals surface area contributed by atoms with Crippen LogP contribution in [-0.4, -0.2) is 70.8 Å². The molecule has 2 fully saturated rings. The summed E-state index contributed by atoms with van der Waals surface area (Å²) in [5.74, 6) is 0.280. The Bertz CT molecular complexity index is 534. The van der Waals surface area contributed by atoms with E-state index in [4.69, 9.17) is 0 Å². The fourth-order valence-corrected chi connectivity index (χ4v) is 3.02. The molecule has 0 unspecified atom stereocenters. The predicted octanol–water partition coefficient (Wildman–Crippen LogP) is 0.204. The van der Waals surface area contributed by atoms with Gasteiger partial charge in [0.05, 0.1) is 5.92 Å². The largest absolute Gasteiger partial charge is 0.341 e. The maximum atomic E-state index is 12.4. The molecule has 0 radical (unpaired) electrons. The second kappa shape index (κ2) is 6.44. The molecule has 22 heavy (non-hydrogen) atoms. The Hall–Kier alpha value is -1.95. The van der Waals surface area contributed by atoms with Crippen LogP contribution in [0.25, 0.3) is 0 Å². The number of piperazine rings is 1. The quantitative estimate of drug-likeness (QED) is 0.801. The van der Waals surface area contributed by atoms with Crippen LogP contribution in [0.1, 0.15) is 12.5 Å². The van der Waals surface area contributed by atoms with Crippen LogP contribution in [0.4, 0.5) is 0 Å². The lowest BCUT2D eigenvalue weighted by Gasteiger charge is -2.42. The minimum Gasteiger partial charge on any atom is -0.341 e. The molecular formula is C16H22N4O2. The van der Waals surface area contributed by atoms with Crippen molar-refractivity contribution in [3.05, 3.63) is 30.1 Å². The number of carbonyl (C=O) groups excluding carboxylic acids is 2. The molecule has 6 nitrogen and oxygen atoms in total. The molecule has 0 aromatic carbocycles. The van der Waals surface area contributed by atoms with Gasteiger partial charge in [0.1, 0.15) is 0 Å². The minimum atomic E-state index is 0.00986. The first kappa shape index (κ1) is 15.0. The van der Waals surface area contributed by atoms with Gasteiger partial charge >= 0.3 is 0 Å². The summed E-state index contributed by atoms with van der Waals surface area (Å²) in [5, 5.41) is 0. The van der Waals surface area contributed by atoms with Gasteiger partial charge < -0.3 is 9.80 Å². The van der Waals surface area contributed by atoms with Crippen molar-refractivity contribution in [2.24, 2.45) is 5.92 Å². The molecule has 6 heteroatoms. The van der Waals surface area contributed by atoms with Crippen molar-refractivity contribution < 1.29 is 9.59 Å². The maximum Gasteiger partial charge on any atom is 0.229 e. The Labute approximate surface area is 130 Å². The number of aromatic nitrogens is 1. The number of nitrogens with zero attached hydrogens (tertiary/aromatic N) is 4. The fraction of sp³-hybridized carbons (Fsp3) is 0.562. The Morgan fingerprint density at radius 1 is 1.09 bits per heavy atom. The number of carbonyl (C=O) groups is 2. The first-order valence-corrected chi connectivity index (χ1v) is 7.79. The molecule has 0 atom stereocenters. The summed E-state index contributed by atoms with van der Waals surface area (Å²) in [5.41, 5.74) is 1.26. The van der Waals surface area contributed by atoms with E-state index in [0.29, 0.717) is 13.1 Å². The number of pyridine rings is 1. The van der Waals surface area contributed by atoms with E-state index in [-0.39, 0.29) is 17.7 Å². The highest BCUT2D eigenvalue weighted by Crippen LogP contribution is 2.19. The summed E-state index contributed by atoms with van der Waals surface area (Å²) in [6.07, 6.45) is 3.62. The molecule has 1 aromatic heterocycles. The molecule has 0 aliphatic carbocycles. The molecule has 118 valence electrons. The second-order valence-corrected chi connectivity index (χ2v) is 6.08. The fourth-order valence-electron chi connectivity index (χ4n) is 3.02. The number of hydrogen-bond acceptors (Lipinski definition) is 4. The summed E-state index contributed by atoms with van der Waals surface area (Å²) in [4.78, 5) is 33.6. The highest BCUT2D eigenvalue weighted by Gasteiger charge is 2.37. The molecule has 2 aliphatic rings. The Morgan fingerprint density at radius 3 is 2.32 bits per heavy atom. The maximum absolute atomic E-state index is 12.4. The zero-order valence-corrected chi connectivity index (χ0v) is 12.9. The molecule has 2 aliphatic heterocycles. The first-order valence-electron chi connectivity index (χ1n) is 7.79. The molecule has 3 rings (SSSR count). The summed E-state index contributed by atoms with van der Waals surface area (Å²) in [6, 6.07) is 4.06. The first-order chi connectivity index (χ1) is 10.6. The van der Waals surface area contributed by atoms with Gasteiger partial charge in [-0.3, -0.25) is 19.5 Å². The van der Waals surface area contributed by atoms with E-state index < -0.39 is 0 Å². The summed E-state index contributed by atoms with van der Waals surface area (Å²) in [7, 11) is 0. The van der Waals surface area contributed by atoms with Crippen molar-refractivity contribution in [3.63, 3.8) is 0 Å². The second-order valence-electron chi connectivity index (χ2n) is 6.08. The minimum absolute atomic E-state index is 0.00986. The van der Waals surface area contributed by atoms with Gasteiger partial charge in [0.25, 0.3) is 0 Å². The zero-order chi connectivity index (χ0) is 15.5. The van der Waals surface area contributed by atoms with E-state index in [1.165, 1.54) is 5.56 Å². The lowest BCUT2D eigenvalue weighted by atomic mass is 9.98. The van der Waals surface area contributed by atoms with Crippen molar-refractivity contribution in [1.82, 2.24) is 19.7 Å². The van der Waals surface area contributed by atoms with Crippen molar-refractivity contribution in [2.75, 3.05) is 39.3 Å². The smallest absolute Gasteiger partial charge is 0.229 e. The van der Waals surface area contributed by atoms with E-state index in [1.807, 2.05) is 29.4 Å². The van der Waals surface area contributed by atoms with Crippen molar-refractivity contribution in [1.29, 1.82) is 0 Å². The Balaban J connectivity index is 1.44. The van der Waals surface area contributed by atoms with Gasteiger partial charge in [-0.05, 0) is 17.7 Å². The Kier molecular flexibility index (Phi) is 4.38. The van der Waals surface area contributed by atoms with Gasteiger partial charge in [-0.25, -0.2) is 0 Å². The zero-order valence-electron chi connectivity index (χ0n) is 12.9. The van der Waals surface area contributed by atoms with Gasteiger partial charge in [0.15, 0.2) is 0 Å². The van der Waals surface area contributed by atoms with Gasteiger partial charge in [-0.15, -0.1) is 0 Å². The number of hydrogen-bond donors (Lipinski definition) is 0. The van der Waals surface area contributed by atoms with Crippen molar-refractivity contribution >= 4 is 11.8 Å². The highest BCUT2D eigenvalue weighted by atomic mass is 16.2. The molecular weight excluding hydrogens is 280 g/mol.